The summed E-state index contributed by atoms with van der Waals surface area (Å²) < 4.78 is 9.91. The lowest BCUT2D eigenvalue weighted by molar-refractivity contribution is -0.142. The summed E-state index contributed by atoms with van der Waals surface area (Å²) in [5.74, 6) is 0.690. The van der Waals surface area contributed by atoms with E-state index in [4.69, 9.17) is 9.47 Å². The molecule has 0 atom stereocenters. The van der Waals surface area contributed by atoms with Gasteiger partial charge in [0.25, 0.3) is 0 Å². The Bertz CT molecular complexity index is 571. The minimum absolute atomic E-state index is 0.0306. The van der Waals surface area contributed by atoms with Crippen LogP contribution in [0.2, 0.25) is 0 Å². The van der Waals surface area contributed by atoms with Crippen LogP contribution in [0.15, 0.2) is 18.2 Å². The molecule has 0 saturated carbocycles. The monoisotopic (exact) mass is 247 g/mol. The molecule has 2 aromatic rings. The lowest BCUT2D eigenvalue weighted by Gasteiger charge is -2.03. The summed E-state index contributed by atoms with van der Waals surface area (Å²) in [6.07, 6.45) is 0.0306. The Morgan fingerprint density at radius 3 is 2.83 bits per heavy atom. The van der Waals surface area contributed by atoms with Gasteiger partial charge < -0.3 is 9.47 Å². The molecule has 2 rings (SSSR count). The molecule has 0 N–H and O–H groups in total. The highest BCUT2D eigenvalue weighted by Crippen LogP contribution is 2.16. The first-order valence-electron chi connectivity index (χ1n) is 5.56. The fourth-order valence-electron chi connectivity index (χ4n) is 1.49. The third-order valence-corrected chi connectivity index (χ3v) is 2.31. The zero-order valence-electron chi connectivity index (χ0n) is 10.2. The standard InChI is InChI=1S/C12H13N3O3/c1-3-18-12(16)7-11-13-9-5-4-8(17-2)6-10(9)14-15-11/h4-6H,3,7H2,1-2H3. The quantitative estimate of drug-likeness (QED) is 0.754. The number of aromatic nitrogens is 3. The fourth-order valence-corrected chi connectivity index (χ4v) is 1.49. The Morgan fingerprint density at radius 1 is 1.28 bits per heavy atom. The summed E-state index contributed by atoms with van der Waals surface area (Å²) in [5, 5.41) is 7.89. The summed E-state index contributed by atoms with van der Waals surface area (Å²) >= 11 is 0. The average Bonchev–Trinajstić information content (AvgIpc) is 2.38. The number of hydrogen-bond acceptors (Lipinski definition) is 6. The van der Waals surface area contributed by atoms with Gasteiger partial charge in [0.05, 0.1) is 19.2 Å². The van der Waals surface area contributed by atoms with Gasteiger partial charge in [-0.15, -0.1) is 10.2 Å². The molecule has 6 heteroatoms. The van der Waals surface area contributed by atoms with Crippen molar-refractivity contribution in [3.8, 4) is 5.75 Å². The van der Waals surface area contributed by atoms with E-state index >= 15 is 0 Å². The molecule has 0 aliphatic rings. The minimum atomic E-state index is -0.354. The van der Waals surface area contributed by atoms with Crippen LogP contribution in [0.5, 0.6) is 5.75 Å². The number of methoxy groups -OCH3 is 1. The second-order valence-electron chi connectivity index (χ2n) is 3.56. The Kier molecular flexibility index (Phi) is 3.66. The Labute approximate surface area is 104 Å². The van der Waals surface area contributed by atoms with Crippen LogP contribution < -0.4 is 4.74 Å². The molecule has 6 nitrogen and oxygen atoms in total. The summed E-state index contributed by atoms with van der Waals surface area (Å²) in [7, 11) is 1.58. The minimum Gasteiger partial charge on any atom is -0.497 e. The van der Waals surface area contributed by atoms with Crippen molar-refractivity contribution in [3.63, 3.8) is 0 Å². The fraction of sp³-hybridized carbons (Fsp3) is 0.333. The van der Waals surface area contributed by atoms with Crippen LogP contribution in [-0.2, 0) is 16.0 Å². The predicted octanol–water partition coefficient (Wildman–Crippen LogP) is 1.14. The van der Waals surface area contributed by atoms with Crippen molar-refractivity contribution in [2.24, 2.45) is 0 Å². The van der Waals surface area contributed by atoms with E-state index in [9.17, 15) is 4.79 Å². The number of carbonyl (C=O) groups excluding carboxylic acids is 1. The summed E-state index contributed by atoms with van der Waals surface area (Å²) in [5.41, 5.74) is 1.30. The zero-order chi connectivity index (χ0) is 13.0. The van der Waals surface area contributed by atoms with Gasteiger partial charge in [0.2, 0.25) is 0 Å². The van der Waals surface area contributed by atoms with Gasteiger partial charge in [-0.3, -0.25) is 4.79 Å². The molecule has 1 aromatic heterocycles. The second-order valence-corrected chi connectivity index (χ2v) is 3.56. The van der Waals surface area contributed by atoms with Crippen molar-refractivity contribution in [2.45, 2.75) is 13.3 Å². The summed E-state index contributed by atoms with van der Waals surface area (Å²) in [6, 6.07) is 5.30. The number of carbonyl (C=O) groups is 1. The molecule has 94 valence electrons. The molecule has 0 bridgehead atoms. The normalized spacial score (nSPS) is 10.3. The highest BCUT2D eigenvalue weighted by atomic mass is 16.5. The van der Waals surface area contributed by atoms with Crippen LogP contribution in [0.3, 0.4) is 0 Å². The van der Waals surface area contributed by atoms with Crippen LogP contribution in [0.1, 0.15) is 12.7 Å². The van der Waals surface area contributed by atoms with E-state index in [0.717, 1.165) is 0 Å². The molecule has 0 spiro atoms. The first-order valence-corrected chi connectivity index (χ1v) is 5.56. The SMILES string of the molecule is CCOC(=O)Cc1nnc2cc(OC)ccc2n1. The molecular formula is C12H13N3O3. The van der Waals surface area contributed by atoms with Crippen molar-refractivity contribution in [1.29, 1.82) is 0 Å². The van der Waals surface area contributed by atoms with Gasteiger partial charge in [-0.2, -0.15) is 0 Å². The first-order chi connectivity index (χ1) is 8.72. The van der Waals surface area contributed by atoms with Gasteiger partial charge in [0, 0.05) is 6.07 Å². The smallest absolute Gasteiger partial charge is 0.313 e. The highest BCUT2D eigenvalue weighted by Gasteiger charge is 2.09. The van der Waals surface area contributed by atoms with Gasteiger partial charge in [-0.05, 0) is 19.1 Å². The molecule has 0 saturated heterocycles. The van der Waals surface area contributed by atoms with Gasteiger partial charge in [0.15, 0.2) is 5.82 Å². The van der Waals surface area contributed by atoms with Crippen LogP contribution in [0.25, 0.3) is 11.0 Å². The number of nitrogens with zero attached hydrogens (tertiary/aromatic N) is 3. The van der Waals surface area contributed by atoms with Gasteiger partial charge in [-0.25, -0.2) is 4.98 Å². The van der Waals surface area contributed by atoms with E-state index in [2.05, 4.69) is 15.2 Å². The van der Waals surface area contributed by atoms with E-state index in [1.807, 2.05) is 0 Å². The maximum Gasteiger partial charge on any atom is 0.313 e. The van der Waals surface area contributed by atoms with Gasteiger partial charge in [0.1, 0.15) is 17.7 Å². The van der Waals surface area contributed by atoms with Crippen molar-refractivity contribution in [2.75, 3.05) is 13.7 Å². The zero-order valence-corrected chi connectivity index (χ0v) is 10.2. The van der Waals surface area contributed by atoms with Crippen molar-refractivity contribution >= 4 is 17.0 Å². The lowest BCUT2D eigenvalue weighted by Crippen LogP contribution is -2.11. The molecule has 0 amide bonds. The summed E-state index contributed by atoms with van der Waals surface area (Å²) in [4.78, 5) is 15.5. The summed E-state index contributed by atoms with van der Waals surface area (Å²) in [6.45, 7) is 2.10. The van der Waals surface area contributed by atoms with E-state index in [0.29, 0.717) is 29.2 Å². The first kappa shape index (κ1) is 12.2. The van der Waals surface area contributed by atoms with Gasteiger partial charge >= 0.3 is 5.97 Å². The maximum atomic E-state index is 11.3. The van der Waals surface area contributed by atoms with Crippen LogP contribution >= 0.6 is 0 Å². The number of esters is 1. The van der Waals surface area contributed by atoms with E-state index in [1.165, 1.54) is 0 Å². The van der Waals surface area contributed by atoms with Crippen LogP contribution in [0.4, 0.5) is 0 Å². The van der Waals surface area contributed by atoms with E-state index in [1.54, 1.807) is 32.2 Å². The van der Waals surface area contributed by atoms with E-state index in [-0.39, 0.29) is 12.4 Å². The Morgan fingerprint density at radius 2 is 2.11 bits per heavy atom. The third kappa shape index (κ3) is 2.71. The van der Waals surface area contributed by atoms with E-state index < -0.39 is 0 Å². The number of ether oxygens (including phenoxy) is 2. The topological polar surface area (TPSA) is 74.2 Å². The van der Waals surface area contributed by atoms with Crippen molar-refractivity contribution in [3.05, 3.63) is 24.0 Å². The third-order valence-electron chi connectivity index (χ3n) is 2.31. The molecule has 1 aromatic carbocycles. The molecule has 0 unspecified atom stereocenters. The highest BCUT2D eigenvalue weighted by molar-refractivity contribution is 5.76. The number of rotatable bonds is 4. The number of hydrogen-bond donors (Lipinski definition) is 0. The molecule has 0 aliphatic carbocycles. The predicted molar refractivity (Wildman–Crippen MR) is 64.2 cm³/mol. The molecule has 0 radical (unpaired) electrons. The molecule has 0 aliphatic heterocycles. The Balaban J connectivity index is 2.25. The Hall–Kier alpha value is -2.24. The van der Waals surface area contributed by atoms with Crippen molar-refractivity contribution < 1.29 is 14.3 Å². The average molecular weight is 247 g/mol. The van der Waals surface area contributed by atoms with Crippen LogP contribution in [0, 0.1) is 0 Å². The maximum absolute atomic E-state index is 11.3. The molecule has 18 heavy (non-hydrogen) atoms. The second kappa shape index (κ2) is 5.39. The number of fused-ring (bicyclic) bond motifs is 1. The van der Waals surface area contributed by atoms with Crippen molar-refractivity contribution in [1.82, 2.24) is 15.2 Å². The molecule has 1 heterocycles. The molecular weight excluding hydrogens is 234 g/mol. The molecule has 0 fully saturated rings. The lowest BCUT2D eigenvalue weighted by atomic mass is 10.3. The number of benzene rings is 1. The van der Waals surface area contributed by atoms with Crippen LogP contribution in [-0.4, -0.2) is 34.9 Å². The van der Waals surface area contributed by atoms with Gasteiger partial charge in [-0.1, -0.05) is 0 Å². The largest absolute Gasteiger partial charge is 0.497 e.